The Morgan fingerprint density at radius 1 is 1.08 bits per heavy atom. The van der Waals surface area contributed by atoms with Gasteiger partial charge in [0.2, 0.25) is 0 Å². The molecule has 1 heteroatoms. The van der Waals surface area contributed by atoms with E-state index in [0.717, 1.165) is 18.3 Å². The first-order chi connectivity index (χ1) is 6.25. The van der Waals surface area contributed by atoms with Crippen LogP contribution in [0.1, 0.15) is 51.9 Å². The van der Waals surface area contributed by atoms with E-state index < -0.39 is 0 Å². The van der Waals surface area contributed by atoms with Crippen molar-refractivity contribution in [3.63, 3.8) is 0 Å². The van der Waals surface area contributed by atoms with E-state index in [-0.39, 0.29) is 0 Å². The Hall–Kier alpha value is -0.330. The Morgan fingerprint density at radius 3 is 2.23 bits per heavy atom. The fraction of sp³-hybridized carbons (Fsp3) is 0.917. The molecule has 2 aliphatic carbocycles. The molecule has 74 valence electrons. The van der Waals surface area contributed by atoms with E-state index >= 15 is 0 Å². The molecule has 0 aliphatic heterocycles. The predicted octanol–water partition coefficient (Wildman–Crippen LogP) is 3.18. The number of carbonyl (C=O) groups excluding carboxylic acids is 1. The Labute approximate surface area is 80.9 Å². The summed E-state index contributed by atoms with van der Waals surface area (Å²) in [6.07, 6.45) is 8.58. The number of hydrogen-bond donors (Lipinski definition) is 0. The van der Waals surface area contributed by atoms with Gasteiger partial charge in [0, 0.05) is 12.3 Å². The molecule has 0 aromatic rings. The van der Waals surface area contributed by atoms with Crippen LogP contribution in [0.3, 0.4) is 0 Å². The van der Waals surface area contributed by atoms with Crippen LogP contribution in [-0.4, -0.2) is 5.78 Å². The maximum absolute atomic E-state index is 11.6. The molecule has 0 saturated heterocycles. The van der Waals surface area contributed by atoms with Crippen molar-refractivity contribution in [1.82, 2.24) is 0 Å². The fourth-order valence-electron chi connectivity index (χ4n) is 2.39. The van der Waals surface area contributed by atoms with E-state index in [4.69, 9.17) is 0 Å². The summed E-state index contributed by atoms with van der Waals surface area (Å²) < 4.78 is 0. The molecule has 0 heterocycles. The first-order valence-electron chi connectivity index (χ1n) is 5.78. The topological polar surface area (TPSA) is 17.1 Å². The molecule has 2 saturated carbocycles. The van der Waals surface area contributed by atoms with Crippen molar-refractivity contribution in [2.24, 2.45) is 17.8 Å². The van der Waals surface area contributed by atoms with Gasteiger partial charge < -0.3 is 0 Å². The Kier molecular flexibility index (Phi) is 2.71. The smallest absolute Gasteiger partial charge is 0.136 e. The van der Waals surface area contributed by atoms with Crippen molar-refractivity contribution < 1.29 is 4.79 Å². The molecule has 2 fully saturated rings. The first kappa shape index (κ1) is 9.23. The molecule has 0 atom stereocenters. The van der Waals surface area contributed by atoms with E-state index in [2.05, 4.69) is 6.92 Å². The van der Waals surface area contributed by atoms with Gasteiger partial charge in [0.25, 0.3) is 0 Å². The van der Waals surface area contributed by atoms with E-state index in [1.807, 2.05) is 0 Å². The SMILES string of the molecule is CC1CCC(CC(=O)C2CC2)CC1. The van der Waals surface area contributed by atoms with Gasteiger partial charge in [0.1, 0.15) is 5.78 Å². The van der Waals surface area contributed by atoms with Crippen LogP contribution >= 0.6 is 0 Å². The zero-order chi connectivity index (χ0) is 9.26. The second-order valence-electron chi connectivity index (χ2n) is 5.07. The van der Waals surface area contributed by atoms with Crippen molar-refractivity contribution in [3.05, 3.63) is 0 Å². The molecule has 0 unspecified atom stereocenters. The van der Waals surface area contributed by atoms with Crippen LogP contribution < -0.4 is 0 Å². The molecule has 2 rings (SSSR count). The average molecular weight is 180 g/mol. The van der Waals surface area contributed by atoms with Crippen LogP contribution in [0.5, 0.6) is 0 Å². The first-order valence-corrected chi connectivity index (χ1v) is 5.78. The van der Waals surface area contributed by atoms with Gasteiger partial charge in [-0.2, -0.15) is 0 Å². The van der Waals surface area contributed by atoms with Gasteiger partial charge >= 0.3 is 0 Å². The standard InChI is InChI=1S/C12H20O/c1-9-2-4-10(5-3-9)8-12(13)11-6-7-11/h9-11H,2-8H2,1H3. The maximum Gasteiger partial charge on any atom is 0.136 e. The summed E-state index contributed by atoms with van der Waals surface area (Å²) in [5, 5.41) is 0. The largest absolute Gasteiger partial charge is 0.299 e. The number of Topliss-reactive ketones (excluding diaryl/α,β-unsaturated/α-hetero) is 1. The lowest BCUT2D eigenvalue weighted by Crippen LogP contribution is -2.16. The molecule has 0 spiro atoms. The Morgan fingerprint density at radius 2 is 1.69 bits per heavy atom. The van der Waals surface area contributed by atoms with Crippen molar-refractivity contribution in [2.75, 3.05) is 0 Å². The van der Waals surface area contributed by atoms with Gasteiger partial charge in [-0.1, -0.05) is 19.8 Å². The highest BCUT2D eigenvalue weighted by Crippen LogP contribution is 2.36. The van der Waals surface area contributed by atoms with Crippen molar-refractivity contribution in [2.45, 2.75) is 51.9 Å². The lowest BCUT2D eigenvalue weighted by molar-refractivity contribution is -0.121. The predicted molar refractivity (Wildman–Crippen MR) is 53.5 cm³/mol. The Balaban J connectivity index is 1.72. The van der Waals surface area contributed by atoms with Crippen LogP contribution in [-0.2, 0) is 4.79 Å². The molecular formula is C12H20O. The molecular weight excluding hydrogens is 160 g/mol. The molecule has 2 aliphatic rings. The molecule has 1 nitrogen and oxygen atoms in total. The maximum atomic E-state index is 11.6. The second-order valence-corrected chi connectivity index (χ2v) is 5.07. The van der Waals surface area contributed by atoms with Gasteiger partial charge in [-0.3, -0.25) is 4.79 Å². The summed E-state index contributed by atoms with van der Waals surface area (Å²) in [6.45, 7) is 2.33. The third kappa shape index (κ3) is 2.55. The second kappa shape index (κ2) is 3.81. The average Bonchev–Trinajstić information content (AvgIpc) is 2.91. The van der Waals surface area contributed by atoms with E-state index in [0.29, 0.717) is 11.7 Å². The number of rotatable bonds is 3. The monoisotopic (exact) mass is 180 g/mol. The Bertz CT molecular complexity index is 185. The lowest BCUT2D eigenvalue weighted by atomic mass is 9.80. The number of hydrogen-bond acceptors (Lipinski definition) is 1. The van der Waals surface area contributed by atoms with Crippen LogP contribution in [0.15, 0.2) is 0 Å². The zero-order valence-corrected chi connectivity index (χ0v) is 8.59. The lowest BCUT2D eigenvalue weighted by Gasteiger charge is -2.25. The highest BCUT2D eigenvalue weighted by molar-refractivity contribution is 5.83. The van der Waals surface area contributed by atoms with E-state index in [9.17, 15) is 4.79 Å². The van der Waals surface area contributed by atoms with E-state index in [1.54, 1.807) is 0 Å². The number of ketones is 1. The van der Waals surface area contributed by atoms with Gasteiger partial charge in [-0.15, -0.1) is 0 Å². The summed E-state index contributed by atoms with van der Waals surface area (Å²) in [5.41, 5.74) is 0. The fourth-order valence-corrected chi connectivity index (χ4v) is 2.39. The molecule has 0 radical (unpaired) electrons. The highest BCUT2D eigenvalue weighted by Gasteiger charge is 2.31. The molecule has 0 bridgehead atoms. The van der Waals surface area contributed by atoms with Crippen LogP contribution in [0.4, 0.5) is 0 Å². The van der Waals surface area contributed by atoms with E-state index in [1.165, 1.54) is 38.5 Å². The summed E-state index contributed by atoms with van der Waals surface area (Å²) >= 11 is 0. The van der Waals surface area contributed by atoms with Crippen molar-refractivity contribution >= 4 is 5.78 Å². The minimum atomic E-state index is 0.486. The van der Waals surface area contributed by atoms with Crippen molar-refractivity contribution in [3.8, 4) is 0 Å². The van der Waals surface area contributed by atoms with Gasteiger partial charge in [0.15, 0.2) is 0 Å². The third-order valence-corrected chi connectivity index (χ3v) is 3.66. The quantitative estimate of drug-likeness (QED) is 0.652. The van der Waals surface area contributed by atoms with Gasteiger partial charge in [0.05, 0.1) is 0 Å². The summed E-state index contributed by atoms with van der Waals surface area (Å²) in [6, 6.07) is 0. The van der Waals surface area contributed by atoms with Crippen molar-refractivity contribution in [1.29, 1.82) is 0 Å². The molecule has 0 aromatic heterocycles. The normalized spacial score (nSPS) is 34.5. The number of carbonyl (C=O) groups is 1. The summed E-state index contributed by atoms with van der Waals surface area (Å²) in [4.78, 5) is 11.6. The third-order valence-electron chi connectivity index (χ3n) is 3.66. The minimum Gasteiger partial charge on any atom is -0.299 e. The minimum absolute atomic E-state index is 0.486. The van der Waals surface area contributed by atoms with Gasteiger partial charge in [-0.05, 0) is 37.5 Å². The molecule has 0 N–H and O–H groups in total. The zero-order valence-electron chi connectivity index (χ0n) is 8.59. The molecule has 0 amide bonds. The summed E-state index contributed by atoms with van der Waals surface area (Å²) in [5.74, 6) is 2.70. The molecule has 13 heavy (non-hydrogen) atoms. The van der Waals surface area contributed by atoms with Gasteiger partial charge in [-0.25, -0.2) is 0 Å². The van der Waals surface area contributed by atoms with Crippen LogP contribution in [0.2, 0.25) is 0 Å². The highest BCUT2D eigenvalue weighted by atomic mass is 16.1. The van der Waals surface area contributed by atoms with Crippen LogP contribution in [0.25, 0.3) is 0 Å². The summed E-state index contributed by atoms with van der Waals surface area (Å²) in [7, 11) is 0. The molecule has 0 aromatic carbocycles. The van der Waals surface area contributed by atoms with Crippen LogP contribution in [0, 0.1) is 17.8 Å².